The zero-order valence-electron chi connectivity index (χ0n) is 17.7. The van der Waals surface area contributed by atoms with Gasteiger partial charge in [-0.15, -0.1) is 0 Å². The van der Waals surface area contributed by atoms with E-state index >= 15 is 0 Å². The first kappa shape index (κ1) is 20.8. The van der Waals surface area contributed by atoms with Crippen molar-refractivity contribution < 1.29 is 9.53 Å². The number of hydrogen-bond acceptors (Lipinski definition) is 5. The van der Waals surface area contributed by atoms with Crippen molar-refractivity contribution in [3.63, 3.8) is 0 Å². The predicted octanol–water partition coefficient (Wildman–Crippen LogP) is 3.47. The van der Waals surface area contributed by atoms with Crippen molar-refractivity contribution in [2.75, 3.05) is 26.2 Å². The highest BCUT2D eigenvalue weighted by molar-refractivity contribution is 5.76. The Hall–Kier alpha value is -2.47. The molecule has 0 radical (unpaired) electrons. The number of aromatic nitrogens is 2. The highest BCUT2D eigenvalue weighted by atomic mass is 16.5. The standard InChI is InChI=1S/C24H32N4O2/c29-24-8-4-11-27(18-21-16-25-19-26-17-21)13-14-30-23-7-3-5-20(15-23)9-10-22-6-1-2-12-28(22)24/h3,5,7,15-17,19,22H,1-2,4,6,8-14,18H2. The van der Waals surface area contributed by atoms with Gasteiger partial charge in [-0.3, -0.25) is 9.69 Å². The van der Waals surface area contributed by atoms with E-state index in [4.69, 9.17) is 4.74 Å². The molecule has 1 amide bonds. The Balaban J connectivity index is 1.48. The summed E-state index contributed by atoms with van der Waals surface area (Å²) < 4.78 is 6.07. The first-order chi connectivity index (χ1) is 14.8. The normalized spacial score (nSPS) is 21.8. The van der Waals surface area contributed by atoms with E-state index in [1.165, 1.54) is 12.0 Å². The summed E-state index contributed by atoms with van der Waals surface area (Å²) in [5, 5.41) is 0. The maximum Gasteiger partial charge on any atom is 0.222 e. The first-order valence-electron chi connectivity index (χ1n) is 11.3. The number of ether oxygens (including phenoxy) is 1. The summed E-state index contributed by atoms with van der Waals surface area (Å²) in [4.78, 5) is 25.8. The second kappa shape index (κ2) is 10.5. The smallest absolute Gasteiger partial charge is 0.222 e. The summed E-state index contributed by atoms with van der Waals surface area (Å²) >= 11 is 0. The van der Waals surface area contributed by atoms with Crippen LogP contribution in [0.3, 0.4) is 0 Å². The second-order valence-corrected chi connectivity index (χ2v) is 8.40. The Bertz CT molecular complexity index is 814. The second-order valence-electron chi connectivity index (χ2n) is 8.40. The van der Waals surface area contributed by atoms with Gasteiger partial charge >= 0.3 is 0 Å². The molecule has 0 spiro atoms. The van der Waals surface area contributed by atoms with Gasteiger partial charge in [-0.05, 0) is 62.8 Å². The molecule has 1 saturated heterocycles. The molecule has 1 atom stereocenters. The van der Waals surface area contributed by atoms with Gasteiger partial charge in [0.15, 0.2) is 0 Å². The van der Waals surface area contributed by atoms with Crippen molar-refractivity contribution in [1.82, 2.24) is 19.8 Å². The van der Waals surface area contributed by atoms with E-state index in [0.717, 1.165) is 69.6 Å². The number of carbonyl (C=O) groups is 1. The van der Waals surface area contributed by atoms with Gasteiger partial charge in [-0.25, -0.2) is 9.97 Å². The van der Waals surface area contributed by atoms with Gasteiger partial charge in [0.25, 0.3) is 0 Å². The first-order valence-corrected chi connectivity index (χ1v) is 11.3. The van der Waals surface area contributed by atoms with Crippen LogP contribution in [-0.2, 0) is 17.8 Å². The number of fused-ring (bicyclic) bond motifs is 3. The maximum absolute atomic E-state index is 13.0. The van der Waals surface area contributed by atoms with Crippen molar-refractivity contribution in [2.24, 2.45) is 0 Å². The van der Waals surface area contributed by atoms with Crippen LogP contribution in [0.15, 0.2) is 43.0 Å². The van der Waals surface area contributed by atoms with Gasteiger partial charge in [-0.2, -0.15) is 0 Å². The third kappa shape index (κ3) is 5.79. The van der Waals surface area contributed by atoms with Crippen molar-refractivity contribution >= 4 is 5.91 Å². The third-order valence-electron chi connectivity index (χ3n) is 6.17. The third-order valence-corrected chi connectivity index (χ3v) is 6.17. The zero-order valence-corrected chi connectivity index (χ0v) is 17.7. The van der Waals surface area contributed by atoms with Crippen LogP contribution < -0.4 is 4.74 Å². The molecule has 1 aromatic carbocycles. The van der Waals surface area contributed by atoms with E-state index in [9.17, 15) is 4.79 Å². The van der Waals surface area contributed by atoms with Gasteiger partial charge < -0.3 is 9.64 Å². The molecule has 0 saturated carbocycles. The van der Waals surface area contributed by atoms with Crippen LogP contribution in [0.2, 0.25) is 0 Å². The lowest BCUT2D eigenvalue weighted by atomic mass is 9.95. The molecular weight excluding hydrogens is 376 g/mol. The van der Waals surface area contributed by atoms with E-state index < -0.39 is 0 Å². The van der Waals surface area contributed by atoms with Crippen LogP contribution in [-0.4, -0.2) is 58.0 Å². The van der Waals surface area contributed by atoms with Gasteiger partial charge in [0.05, 0.1) is 0 Å². The molecule has 1 unspecified atom stereocenters. The topological polar surface area (TPSA) is 58.6 Å². The van der Waals surface area contributed by atoms with Crippen LogP contribution in [0.4, 0.5) is 0 Å². The number of nitrogens with zero attached hydrogens (tertiary/aromatic N) is 4. The van der Waals surface area contributed by atoms with Crippen LogP contribution in [0.25, 0.3) is 0 Å². The molecule has 160 valence electrons. The molecule has 1 aromatic heterocycles. The fraction of sp³-hybridized carbons (Fsp3) is 0.542. The Morgan fingerprint density at radius 2 is 1.90 bits per heavy atom. The molecule has 2 aromatic rings. The number of hydrogen-bond donors (Lipinski definition) is 0. The Labute approximate surface area is 179 Å². The molecule has 6 nitrogen and oxygen atoms in total. The highest BCUT2D eigenvalue weighted by Gasteiger charge is 2.26. The lowest BCUT2D eigenvalue weighted by molar-refractivity contribution is -0.135. The summed E-state index contributed by atoms with van der Waals surface area (Å²) in [7, 11) is 0. The fourth-order valence-electron chi connectivity index (χ4n) is 4.58. The summed E-state index contributed by atoms with van der Waals surface area (Å²) in [6.07, 6.45) is 12.3. The van der Waals surface area contributed by atoms with E-state index in [1.54, 1.807) is 6.33 Å². The molecule has 0 aliphatic carbocycles. The van der Waals surface area contributed by atoms with Gasteiger partial charge in [0.2, 0.25) is 5.91 Å². The quantitative estimate of drug-likeness (QED) is 0.762. The largest absolute Gasteiger partial charge is 0.492 e. The van der Waals surface area contributed by atoms with E-state index in [-0.39, 0.29) is 0 Å². The molecule has 4 rings (SSSR count). The molecule has 3 heterocycles. The van der Waals surface area contributed by atoms with Crippen LogP contribution in [0, 0.1) is 0 Å². The molecule has 2 aliphatic heterocycles. The Morgan fingerprint density at radius 3 is 2.80 bits per heavy atom. The summed E-state index contributed by atoms with van der Waals surface area (Å²) in [6.45, 7) is 3.98. The zero-order chi connectivity index (χ0) is 20.6. The van der Waals surface area contributed by atoms with E-state index in [0.29, 0.717) is 25.0 Å². The number of rotatable bonds is 2. The lowest BCUT2D eigenvalue weighted by Gasteiger charge is -2.36. The average Bonchev–Trinajstić information content (AvgIpc) is 2.78. The molecule has 6 heteroatoms. The minimum Gasteiger partial charge on any atom is -0.492 e. The van der Waals surface area contributed by atoms with E-state index in [2.05, 4.69) is 38.0 Å². The predicted molar refractivity (Wildman–Crippen MR) is 116 cm³/mol. The Morgan fingerprint density at radius 1 is 1.00 bits per heavy atom. The monoisotopic (exact) mass is 408 g/mol. The molecule has 30 heavy (non-hydrogen) atoms. The number of carbonyl (C=O) groups excluding carboxylic acids is 1. The Kier molecular flexibility index (Phi) is 7.29. The fourth-order valence-corrected chi connectivity index (χ4v) is 4.58. The summed E-state index contributed by atoms with van der Waals surface area (Å²) in [5.41, 5.74) is 2.37. The van der Waals surface area contributed by atoms with Gasteiger partial charge in [0.1, 0.15) is 18.7 Å². The minimum atomic E-state index is 0.322. The van der Waals surface area contributed by atoms with Crippen molar-refractivity contribution in [3.8, 4) is 5.75 Å². The minimum absolute atomic E-state index is 0.322. The maximum atomic E-state index is 13.0. The van der Waals surface area contributed by atoms with Crippen LogP contribution >= 0.6 is 0 Å². The van der Waals surface area contributed by atoms with Crippen molar-refractivity contribution in [2.45, 2.75) is 57.5 Å². The molecule has 1 fully saturated rings. The van der Waals surface area contributed by atoms with Crippen LogP contribution in [0.5, 0.6) is 5.75 Å². The highest BCUT2D eigenvalue weighted by Crippen LogP contribution is 2.24. The number of piperidine rings is 1. The van der Waals surface area contributed by atoms with Crippen molar-refractivity contribution in [3.05, 3.63) is 54.1 Å². The number of amides is 1. The van der Waals surface area contributed by atoms with Gasteiger partial charge in [0, 0.05) is 50.1 Å². The summed E-state index contributed by atoms with van der Waals surface area (Å²) in [5.74, 6) is 1.25. The van der Waals surface area contributed by atoms with Crippen LogP contribution in [0.1, 0.15) is 49.7 Å². The molecular formula is C24H32N4O2. The molecule has 2 aliphatic rings. The van der Waals surface area contributed by atoms with Crippen molar-refractivity contribution in [1.29, 1.82) is 0 Å². The van der Waals surface area contributed by atoms with Gasteiger partial charge in [-0.1, -0.05) is 12.1 Å². The number of benzene rings is 1. The lowest BCUT2D eigenvalue weighted by Crippen LogP contribution is -2.44. The summed E-state index contributed by atoms with van der Waals surface area (Å²) in [6, 6.07) is 8.81. The van der Waals surface area contributed by atoms with E-state index in [1.807, 2.05) is 18.5 Å². The average molecular weight is 409 g/mol. The molecule has 2 bridgehead atoms. The SMILES string of the molecule is O=C1CCCN(Cc2cncnc2)CCOc2cccc(c2)CCC2CCCCN12. The number of aryl methyl sites for hydroxylation is 1. The molecule has 0 N–H and O–H groups in total.